The molecule has 0 aliphatic carbocycles. The van der Waals surface area contributed by atoms with E-state index in [4.69, 9.17) is 0 Å². The zero-order valence-corrected chi connectivity index (χ0v) is 17.0. The molecule has 0 atom stereocenters. The van der Waals surface area contributed by atoms with Gasteiger partial charge in [-0.3, -0.25) is 0 Å². The van der Waals surface area contributed by atoms with E-state index in [2.05, 4.69) is 18.9 Å². The Balaban J connectivity index is 0.00000196. The fourth-order valence-corrected chi connectivity index (χ4v) is 5.89. The molecular formula is C16H24ClN5O2S2. The van der Waals surface area contributed by atoms with Crippen molar-refractivity contribution in [3.05, 3.63) is 18.2 Å². The Kier molecular flexibility index (Phi) is 6.47. The SMILES string of the molecule is Cl.O=S(=O)(c1cccc2c1N=S=N2)N1CCN(CC2CCNCC2)CC1. The van der Waals surface area contributed by atoms with Gasteiger partial charge in [0.1, 0.15) is 16.3 Å². The van der Waals surface area contributed by atoms with Crippen LogP contribution in [-0.4, -0.2) is 63.4 Å². The second-order valence-corrected chi connectivity index (χ2v) is 9.22. The summed E-state index contributed by atoms with van der Waals surface area (Å²) in [6.45, 7) is 5.97. The van der Waals surface area contributed by atoms with Gasteiger partial charge in [0.25, 0.3) is 0 Å². The molecule has 0 saturated carbocycles. The van der Waals surface area contributed by atoms with Crippen molar-refractivity contribution in [1.29, 1.82) is 0 Å². The first-order chi connectivity index (χ1) is 12.1. The zero-order valence-electron chi connectivity index (χ0n) is 14.5. The van der Waals surface area contributed by atoms with Gasteiger partial charge in [0, 0.05) is 32.7 Å². The predicted molar refractivity (Wildman–Crippen MR) is 106 cm³/mol. The highest BCUT2D eigenvalue weighted by Gasteiger charge is 2.32. The van der Waals surface area contributed by atoms with Crippen LogP contribution in [0.25, 0.3) is 0 Å². The third-order valence-corrected chi connectivity index (χ3v) is 7.65. The Bertz CT molecular complexity index is 812. The van der Waals surface area contributed by atoms with Gasteiger partial charge in [-0.1, -0.05) is 6.07 Å². The number of nitrogens with zero attached hydrogens (tertiary/aromatic N) is 4. The number of piperidine rings is 1. The average molecular weight is 418 g/mol. The zero-order chi connectivity index (χ0) is 17.3. The first kappa shape index (κ1) is 19.9. The number of benzene rings is 1. The lowest BCUT2D eigenvalue weighted by Gasteiger charge is -2.36. The predicted octanol–water partition coefficient (Wildman–Crippen LogP) is 2.14. The molecule has 10 heteroatoms. The van der Waals surface area contributed by atoms with Gasteiger partial charge in [0.05, 0.1) is 11.4 Å². The first-order valence-electron chi connectivity index (χ1n) is 8.79. The maximum absolute atomic E-state index is 13.0. The van der Waals surface area contributed by atoms with Crippen LogP contribution >= 0.6 is 12.4 Å². The van der Waals surface area contributed by atoms with Crippen molar-refractivity contribution >= 4 is 45.2 Å². The molecule has 1 aromatic carbocycles. The van der Waals surface area contributed by atoms with Gasteiger partial charge in [-0.05, 0) is 44.0 Å². The quantitative estimate of drug-likeness (QED) is 0.826. The summed E-state index contributed by atoms with van der Waals surface area (Å²) in [5.41, 5.74) is 1.14. The number of fused-ring (bicyclic) bond motifs is 1. The van der Waals surface area contributed by atoms with E-state index in [1.807, 2.05) is 0 Å². The van der Waals surface area contributed by atoms with Crippen molar-refractivity contribution in [2.75, 3.05) is 45.8 Å². The van der Waals surface area contributed by atoms with Crippen LogP contribution in [0, 0.1) is 5.92 Å². The van der Waals surface area contributed by atoms with E-state index in [1.54, 1.807) is 22.5 Å². The summed E-state index contributed by atoms with van der Waals surface area (Å²) in [5.74, 6) is 0.735. The van der Waals surface area contributed by atoms with E-state index in [-0.39, 0.29) is 17.3 Å². The van der Waals surface area contributed by atoms with Crippen molar-refractivity contribution in [2.45, 2.75) is 17.7 Å². The molecule has 2 saturated heterocycles. The number of hydrogen-bond acceptors (Lipinski definition) is 6. The Morgan fingerprint density at radius 3 is 2.58 bits per heavy atom. The van der Waals surface area contributed by atoms with Gasteiger partial charge in [-0.15, -0.1) is 12.4 Å². The van der Waals surface area contributed by atoms with Crippen molar-refractivity contribution in [3.63, 3.8) is 0 Å². The number of nitrogens with one attached hydrogen (secondary N) is 1. The molecule has 0 aromatic heterocycles. The Labute approximate surface area is 164 Å². The van der Waals surface area contributed by atoms with Gasteiger partial charge < -0.3 is 10.2 Å². The van der Waals surface area contributed by atoms with Crippen LogP contribution in [0.2, 0.25) is 0 Å². The molecule has 4 rings (SSSR count). The summed E-state index contributed by atoms with van der Waals surface area (Å²) < 4.78 is 36.0. The van der Waals surface area contributed by atoms with E-state index < -0.39 is 10.0 Å². The molecule has 1 N–H and O–H groups in total. The minimum Gasteiger partial charge on any atom is -0.317 e. The van der Waals surface area contributed by atoms with Gasteiger partial charge in [-0.25, -0.2) is 8.42 Å². The third kappa shape index (κ3) is 4.02. The third-order valence-electron chi connectivity index (χ3n) is 5.17. The van der Waals surface area contributed by atoms with Crippen LogP contribution < -0.4 is 5.32 Å². The topological polar surface area (TPSA) is 77.4 Å². The second-order valence-electron chi connectivity index (χ2n) is 6.79. The lowest BCUT2D eigenvalue weighted by molar-refractivity contribution is 0.152. The number of rotatable bonds is 4. The summed E-state index contributed by atoms with van der Waals surface area (Å²) in [6, 6.07) is 5.18. The van der Waals surface area contributed by atoms with Crippen molar-refractivity contribution < 1.29 is 8.42 Å². The monoisotopic (exact) mass is 417 g/mol. The lowest BCUT2D eigenvalue weighted by atomic mass is 9.97. The number of halogens is 1. The summed E-state index contributed by atoms with van der Waals surface area (Å²) >= 11 is 1.05. The van der Waals surface area contributed by atoms with Gasteiger partial charge in [0.2, 0.25) is 10.0 Å². The van der Waals surface area contributed by atoms with Crippen molar-refractivity contribution in [2.24, 2.45) is 14.6 Å². The highest BCUT2D eigenvalue weighted by atomic mass is 35.5. The van der Waals surface area contributed by atoms with Crippen LogP contribution in [0.3, 0.4) is 0 Å². The summed E-state index contributed by atoms with van der Waals surface area (Å²) in [7, 11) is -3.51. The molecule has 1 aromatic rings. The molecule has 3 aliphatic rings. The maximum Gasteiger partial charge on any atom is 0.245 e. The molecule has 0 unspecified atom stereocenters. The lowest BCUT2D eigenvalue weighted by Crippen LogP contribution is -2.50. The highest BCUT2D eigenvalue weighted by Crippen LogP contribution is 2.38. The van der Waals surface area contributed by atoms with Crippen LogP contribution in [0.1, 0.15) is 12.8 Å². The normalized spacial score (nSPS) is 21.8. The van der Waals surface area contributed by atoms with Crippen LogP contribution in [0.5, 0.6) is 0 Å². The van der Waals surface area contributed by atoms with E-state index in [0.29, 0.717) is 24.5 Å². The van der Waals surface area contributed by atoms with E-state index >= 15 is 0 Å². The molecule has 3 aliphatic heterocycles. The minimum absolute atomic E-state index is 0. The first-order valence-corrected chi connectivity index (χ1v) is 11.0. The molecule has 3 heterocycles. The summed E-state index contributed by atoms with van der Waals surface area (Å²) in [6.07, 6.45) is 2.44. The van der Waals surface area contributed by atoms with E-state index in [1.165, 1.54) is 12.8 Å². The van der Waals surface area contributed by atoms with Gasteiger partial charge in [-0.2, -0.15) is 13.0 Å². The fourth-order valence-electron chi connectivity index (χ4n) is 3.71. The van der Waals surface area contributed by atoms with E-state index in [0.717, 1.165) is 50.0 Å². The number of hydrogen-bond donors (Lipinski definition) is 1. The molecule has 0 radical (unpaired) electrons. The Morgan fingerprint density at radius 2 is 1.85 bits per heavy atom. The number of sulfonamides is 1. The molecular weight excluding hydrogens is 394 g/mol. The average Bonchev–Trinajstić information content (AvgIpc) is 3.11. The molecule has 0 bridgehead atoms. The van der Waals surface area contributed by atoms with Crippen molar-refractivity contribution in [3.8, 4) is 0 Å². The molecule has 2 fully saturated rings. The molecule has 144 valence electrons. The second kappa shape index (κ2) is 8.45. The molecule has 26 heavy (non-hydrogen) atoms. The standard InChI is InChI=1S/C16H23N5O2S2.ClH/c22-25(23,15-3-1-2-14-16(15)19-24-18-14)21-10-8-20(9-11-21)12-13-4-6-17-7-5-13;/h1-3,13,17H,4-12H2;1H. The highest BCUT2D eigenvalue weighted by molar-refractivity contribution is 7.89. The van der Waals surface area contributed by atoms with Crippen LogP contribution in [0.15, 0.2) is 31.8 Å². The van der Waals surface area contributed by atoms with Gasteiger partial charge >= 0.3 is 0 Å². The van der Waals surface area contributed by atoms with E-state index in [9.17, 15) is 8.42 Å². The van der Waals surface area contributed by atoms with Gasteiger partial charge in [0.15, 0.2) is 0 Å². The largest absolute Gasteiger partial charge is 0.317 e. The van der Waals surface area contributed by atoms with Crippen LogP contribution in [0.4, 0.5) is 11.4 Å². The minimum atomic E-state index is -3.51. The summed E-state index contributed by atoms with van der Waals surface area (Å²) in [4.78, 5) is 2.69. The molecule has 0 spiro atoms. The Hall–Kier alpha value is -0.840. The molecule has 7 nitrogen and oxygen atoms in total. The maximum atomic E-state index is 13.0. The smallest absolute Gasteiger partial charge is 0.245 e. The Morgan fingerprint density at radius 1 is 1.12 bits per heavy atom. The van der Waals surface area contributed by atoms with Crippen LogP contribution in [-0.2, 0) is 21.4 Å². The fraction of sp³-hybridized carbons (Fsp3) is 0.625. The number of piperazine rings is 1. The van der Waals surface area contributed by atoms with Crippen molar-refractivity contribution in [1.82, 2.24) is 14.5 Å². The summed E-state index contributed by atoms with van der Waals surface area (Å²) in [5, 5.41) is 3.39. The molecule has 0 amide bonds.